The van der Waals surface area contributed by atoms with Crippen molar-refractivity contribution in [2.75, 3.05) is 7.11 Å². The summed E-state index contributed by atoms with van der Waals surface area (Å²) >= 11 is 0. The number of fused-ring (bicyclic) bond motifs is 1. The highest BCUT2D eigenvalue weighted by molar-refractivity contribution is 5.85. The van der Waals surface area contributed by atoms with Gasteiger partial charge in [0.25, 0.3) is 0 Å². The predicted octanol–water partition coefficient (Wildman–Crippen LogP) is 3.78. The summed E-state index contributed by atoms with van der Waals surface area (Å²) in [6, 6.07) is 19.5. The van der Waals surface area contributed by atoms with Crippen molar-refractivity contribution in [1.82, 2.24) is 4.98 Å². The fourth-order valence-electron chi connectivity index (χ4n) is 2.18. The summed E-state index contributed by atoms with van der Waals surface area (Å²) in [4.78, 5) is 4.61. The molecule has 2 aromatic carbocycles. The van der Waals surface area contributed by atoms with Crippen LogP contribution in [0.1, 0.15) is 5.56 Å². The average molecular weight is 260 g/mol. The van der Waals surface area contributed by atoms with Crippen LogP contribution < -0.4 is 4.74 Å². The molecule has 0 aliphatic carbocycles. The standard InChI is InChI=1S/C17H12N2O/c1-20-15-7-8-16-13(10-15)9-14(11-18)17(19-16)12-5-3-2-4-6-12/h2-10H,1H3. The molecule has 1 heterocycles. The Morgan fingerprint density at radius 2 is 1.85 bits per heavy atom. The molecular formula is C17H12N2O. The molecule has 0 saturated heterocycles. The lowest BCUT2D eigenvalue weighted by Gasteiger charge is -2.07. The smallest absolute Gasteiger partial charge is 0.119 e. The fourth-order valence-corrected chi connectivity index (χ4v) is 2.18. The molecule has 1 aromatic heterocycles. The Bertz CT molecular complexity index is 804. The first kappa shape index (κ1) is 12.2. The highest BCUT2D eigenvalue weighted by Gasteiger charge is 2.09. The third kappa shape index (κ3) is 2.08. The number of nitriles is 1. The number of ether oxygens (including phenoxy) is 1. The molecular weight excluding hydrogens is 248 g/mol. The Morgan fingerprint density at radius 3 is 2.55 bits per heavy atom. The molecule has 0 spiro atoms. The van der Waals surface area contributed by atoms with E-state index < -0.39 is 0 Å². The Labute approximate surface area is 117 Å². The van der Waals surface area contributed by atoms with Gasteiger partial charge in [-0.3, -0.25) is 0 Å². The minimum Gasteiger partial charge on any atom is -0.497 e. The van der Waals surface area contributed by atoms with Crippen LogP contribution in [-0.2, 0) is 0 Å². The van der Waals surface area contributed by atoms with Gasteiger partial charge in [-0.1, -0.05) is 30.3 Å². The van der Waals surface area contributed by atoms with Crippen molar-refractivity contribution < 1.29 is 4.74 Å². The molecule has 0 fully saturated rings. The Morgan fingerprint density at radius 1 is 1.05 bits per heavy atom. The Kier molecular flexibility index (Phi) is 3.06. The molecule has 0 atom stereocenters. The van der Waals surface area contributed by atoms with Crippen LogP contribution in [-0.4, -0.2) is 12.1 Å². The molecule has 0 aliphatic heterocycles. The number of methoxy groups -OCH3 is 1. The lowest BCUT2D eigenvalue weighted by Crippen LogP contribution is -1.91. The van der Waals surface area contributed by atoms with Crippen LogP contribution in [0, 0.1) is 11.3 Å². The number of hydrogen-bond acceptors (Lipinski definition) is 3. The first-order chi connectivity index (χ1) is 9.81. The number of nitrogens with zero attached hydrogens (tertiary/aromatic N) is 2. The lowest BCUT2D eigenvalue weighted by molar-refractivity contribution is 0.415. The van der Waals surface area contributed by atoms with Crippen LogP contribution in [0.25, 0.3) is 22.2 Å². The van der Waals surface area contributed by atoms with E-state index in [-0.39, 0.29) is 0 Å². The molecule has 3 heteroatoms. The Balaban J connectivity index is 2.26. The molecule has 0 N–H and O–H groups in total. The Hall–Kier alpha value is -2.86. The zero-order chi connectivity index (χ0) is 13.9. The largest absolute Gasteiger partial charge is 0.497 e. The first-order valence-corrected chi connectivity index (χ1v) is 6.26. The molecule has 3 aromatic rings. The molecule has 0 radical (unpaired) electrons. The normalized spacial score (nSPS) is 10.2. The fraction of sp³-hybridized carbons (Fsp3) is 0.0588. The zero-order valence-corrected chi connectivity index (χ0v) is 11.0. The van der Waals surface area contributed by atoms with Gasteiger partial charge in [-0.05, 0) is 24.3 Å². The second kappa shape index (κ2) is 5.02. The molecule has 3 nitrogen and oxygen atoms in total. The van der Waals surface area contributed by atoms with Gasteiger partial charge in [-0.2, -0.15) is 5.26 Å². The topological polar surface area (TPSA) is 45.9 Å². The summed E-state index contributed by atoms with van der Waals surface area (Å²) in [5, 5.41) is 10.2. The van der Waals surface area contributed by atoms with Gasteiger partial charge < -0.3 is 4.74 Å². The van der Waals surface area contributed by atoms with Crippen LogP contribution in [0.15, 0.2) is 54.6 Å². The van der Waals surface area contributed by atoms with Crippen LogP contribution in [0.5, 0.6) is 5.75 Å². The van der Waals surface area contributed by atoms with Gasteiger partial charge in [0.2, 0.25) is 0 Å². The molecule has 96 valence electrons. The second-order valence-corrected chi connectivity index (χ2v) is 4.42. The van der Waals surface area contributed by atoms with Crippen molar-refractivity contribution in [3.8, 4) is 23.1 Å². The number of hydrogen-bond donors (Lipinski definition) is 0. The molecule has 3 rings (SSSR count). The molecule has 0 unspecified atom stereocenters. The van der Waals surface area contributed by atoms with Crippen molar-refractivity contribution in [2.45, 2.75) is 0 Å². The van der Waals surface area contributed by atoms with Gasteiger partial charge in [0.1, 0.15) is 11.8 Å². The maximum Gasteiger partial charge on any atom is 0.119 e. The van der Waals surface area contributed by atoms with E-state index in [4.69, 9.17) is 4.74 Å². The van der Waals surface area contributed by atoms with Crippen LogP contribution in [0.2, 0.25) is 0 Å². The predicted molar refractivity (Wildman–Crippen MR) is 78.4 cm³/mol. The van der Waals surface area contributed by atoms with E-state index in [1.807, 2.05) is 54.6 Å². The van der Waals surface area contributed by atoms with Crippen molar-refractivity contribution in [1.29, 1.82) is 5.26 Å². The minimum atomic E-state index is 0.567. The maximum atomic E-state index is 9.34. The van der Waals surface area contributed by atoms with E-state index in [9.17, 15) is 5.26 Å². The van der Waals surface area contributed by atoms with E-state index in [1.54, 1.807) is 7.11 Å². The number of pyridine rings is 1. The first-order valence-electron chi connectivity index (χ1n) is 6.26. The van der Waals surface area contributed by atoms with E-state index in [0.717, 1.165) is 22.2 Å². The van der Waals surface area contributed by atoms with E-state index in [2.05, 4.69) is 11.1 Å². The van der Waals surface area contributed by atoms with Crippen LogP contribution in [0.3, 0.4) is 0 Å². The van der Waals surface area contributed by atoms with Gasteiger partial charge in [0.05, 0.1) is 23.9 Å². The van der Waals surface area contributed by atoms with Gasteiger partial charge >= 0.3 is 0 Å². The van der Waals surface area contributed by atoms with Crippen molar-refractivity contribution in [3.63, 3.8) is 0 Å². The summed E-state index contributed by atoms with van der Waals surface area (Å²) < 4.78 is 5.20. The van der Waals surface area contributed by atoms with E-state index in [1.165, 1.54) is 0 Å². The molecule has 0 saturated carbocycles. The van der Waals surface area contributed by atoms with Gasteiger partial charge in [-0.15, -0.1) is 0 Å². The SMILES string of the molecule is COc1ccc2nc(-c3ccccc3)c(C#N)cc2c1. The van der Waals surface area contributed by atoms with Crippen LogP contribution in [0.4, 0.5) is 0 Å². The van der Waals surface area contributed by atoms with Crippen molar-refractivity contribution in [3.05, 3.63) is 60.2 Å². The van der Waals surface area contributed by atoms with E-state index in [0.29, 0.717) is 11.3 Å². The lowest BCUT2D eigenvalue weighted by atomic mass is 10.0. The summed E-state index contributed by atoms with van der Waals surface area (Å²) in [5.74, 6) is 0.760. The summed E-state index contributed by atoms with van der Waals surface area (Å²) in [6.45, 7) is 0. The monoisotopic (exact) mass is 260 g/mol. The van der Waals surface area contributed by atoms with Crippen molar-refractivity contribution in [2.24, 2.45) is 0 Å². The van der Waals surface area contributed by atoms with Crippen molar-refractivity contribution >= 4 is 10.9 Å². The molecule has 0 bridgehead atoms. The number of benzene rings is 2. The zero-order valence-electron chi connectivity index (χ0n) is 11.0. The molecule has 0 amide bonds. The third-order valence-electron chi connectivity index (χ3n) is 3.19. The van der Waals surface area contributed by atoms with E-state index >= 15 is 0 Å². The number of aromatic nitrogens is 1. The number of rotatable bonds is 2. The minimum absolute atomic E-state index is 0.567. The van der Waals surface area contributed by atoms with Gasteiger partial charge in [0, 0.05) is 10.9 Å². The highest BCUT2D eigenvalue weighted by Crippen LogP contribution is 2.27. The average Bonchev–Trinajstić information content (AvgIpc) is 2.53. The maximum absolute atomic E-state index is 9.34. The van der Waals surface area contributed by atoms with Gasteiger partial charge in [0.15, 0.2) is 0 Å². The highest BCUT2D eigenvalue weighted by atomic mass is 16.5. The quantitative estimate of drug-likeness (QED) is 0.704. The molecule has 0 aliphatic rings. The third-order valence-corrected chi connectivity index (χ3v) is 3.19. The summed E-state index contributed by atoms with van der Waals surface area (Å²) in [6.07, 6.45) is 0. The van der Waals surface area contributed by atoms with Gasteiger partial charge in [-0.25, -0.2) is 4.98 Å². The van der Waals surface area contributed by atoms with Crippen LogP contribution >= 0.6 is 0 Å². The summed E-state index contributed by atoms with van der Waals surface area (Å²) in [7, 11) is 1.62. The second-order valence-electron chi connectivity index (χ2n) is 4.42. The summed E-state index contributed by atoms with van der Waals surface area (Å²) in [5.41, 5.74) is 3.08. The molecule has 20 heavy (non-hydrogen) atoms.